The molecule has 2 aromatic rings. The first-order chi connectivity index (χ1) is 14.4. The minimum absolute atomic E-state index is 0.0567. The van der Waals surface area contributed by atoms with Gasteiger partial charge in [-0.05, 0) is 30.5 Å². The molecule has 3 heterocycles. The summed E-state index contributed by atoms with van der Waals surface area (Å²) in [6, 6.07) is 4.37. The average molecular weight is 424 g/mol. The number of nitrogens with one attached hydrogen (secondary N) is 2. The highest BCUT2D eigenvalue weighted by Gasteiger charge is 2.47. The fourth-order valence-corrected chi connectivity index (χ4v) is 3.91. The van der Waals surface area contributed by atoms with Crippen molar-refractivity contribution in [3.8, 4) is 5.75 Å². The first-order valence-electron chi connectivity index (χ1n) is 9.81. The van der Waals surface area contributed by atoms with Crippen LogP contribution in [0.2, 0.25) is 0 Å². The van der Waals surface area contributed by atoms with Crippen molar-refractivity contribution in [1.29, 1.82) is 0 Å². The van der Waals surface area contributed by atoms with Crippen LogP contribution >= 0.6 is 0 Å². The second kappa shape index (κ2) is 8.17. The number of nitrogens with zero attached hydrogens (tertiary/aromatic N) is 2. The van der Waals surface area contributed by atoms with Gasteiger partial charge in [-0.15, -0.1) is 0 Å². The number of rotatable bonds is 5. The second-order valence-electron chi connectivity index (χ2n) is 7.46. The Balaban J connectivity index is 1.61. The van der Waals surface area contributed by atoms with Crippen LogP contribution in [0.25, 0.3) is 0 Å². The van der Waals surface area contributed by atoms with Crippen molar-refractivity contribution in [2.24, 2.45) is 0 Å². The first kappa shape index (κ1) is 20.5. The van der Waals surface area contributed by atoms with Crippen molar-refractivity contribution in [1.82, 2.24) is 15.1 Å². The minimum atomic E-state index is -4.51. The smallest absolute Gasteiger partial charge is 0.410 e. The fourth-order valence-electron chi connectivity index (χ4n) is 3.91. The normalized spacial score (nSPS) is 23.5. The highest BCUT2D eigenvalue weighted by molar-refractivity contribution is 5.98. The number of anilines is 1. The van der Waals surface area contributed by atoms with Crippen LogP contribution in [-0.4, -0.2) is 48.2 Å². The lowest BCUT2D eigenvalue weighted by molar-refractivity contribution is -0.173. The van der Waals surface area contributed by atoms with Gasteiger partial charge in [-0.25, -0.2) is 4.68 Å². The molecule has 0 radical (unpaired) electrons. The van der Waals surface area contributed by atoms with Gasteiger partial charge in [-0.1, -0.05) is 12.1 Å². The van der Waals surface area contributed by atoms with E-state index >= 15 is 0 Å². The van der Waals surface area contributed by atoms with Crippen LogP contribution < -0.4 is 15.4 Å². The van der Waals surface area contributed by atoms with E-state index in [2.05, 4.69) is 15.7 Å². The Bertz CT molecular complexity index is 909. The molecule has 0 unspecified atom stereocenters. The molecular weight excluding hydrogens is 401 g/mol. The molecule has 2 aliphatic heterocycles. The lowest BCUT2D eigenvalue weighted by atomic mass is 9.96. The van der Waals surface area contributed by atoms with Gasteiger partial charge >= 0.3 is 6.18 Å². The zero-order valence-corrected chi connectivity index (χ0v) is 16.4. The molecule has 30 heavy (non-hydrogen) atoms. The van der Waals surface area contributed by atoms with Gasteiger partial charge in [0.05, 0.1) is 25.5 Å². The Morgan fingerprint density at radius 1 is 1.43 bits per heavy atom. The molecule has 1 amide bonds. The quantitative estimate of drug-likeness (QED) is 0.769. The Kier molecular flexibility index (Phi) is 5.59. The number of hydrogen-bond donors (Lipinski definition) is 2. The van der Waals surface area contributed by atoms with E-state index in [1.54, 1.807) is 24.3 Å². The van der Waals surface area contributed by atoms with E-state index in [1.807, 2.05) is 0 Å². The predicted molar refractivity (Wildman–Crippen MR) is 103 cm³/mol. The third-order valence-corrected chi connectivity index (χ3v) is 5.49. The molecule has 0 aliphatic carbocycles. The molecule has 1 fully saturated rings. The van der Waals surface area contributed by atoms with E-state index in [9.17, 15) is 18.0 Å². The van der Waals surface area contributed by atoms with Crippen LogP contribution in [0.4, 0.5) is 19.0 Å². The van der Waals surface area contributed by atoms with E-state index in [4.69, 9.17) is 9.47 Å². The number of carbonyl (C=O) groups excluding carboxylic acids is 1. The van der Waals surface area contributed by atoms with E-state index in [0.29, 0.717) is 24.5 Å². The summed E-state index contributed by atoms with van der Waals surface area (Å²) in [6.07, 6.45) is -1.87. The summed E-state index contributed by atoms with van der Waals surface area (Å²) in [5, 5.41) is 9.71. The number of methoxy groups -OCH3 is 1. The number of amides is 1. The average Bonchev–Trinajstić information content (AvgIpc) is 3.40. The predicted octanol–water partition coefficient (Wildman–Crippen LogP) is 3.46. The molecule has 2 N–H and O–H groups in total. The highest BCUT2D eigenvalue weighted by atomic mass is 19.4. The van der Waals surface area contributed by atoms with E-state index < -0.39 is 24.2 Å². The summed E-state index contributed by atoms with van der Waals surface area (Å²) < 4.78 is 52.9. The number of carbonyl (C=O) groups is 1. The van der Waals surface area contributed by atoms with Gasteiger partial charge in [0.15, 0.2) is 6.04 Å². The second-order valence-corrected chi connectivity index (χ2v) is 7.46. The summed E-state index contributed by atoms with van der Waals surface area (Å²) in [7, 11) is 1.50. The van der Waals surface area contributed by atoms with Gasteiger partial charge in [-0.2, -0.15) is 18.3 Å². The molecule has 3 atom stereocenters. The molecule has 0 bridgehead atoms. The number of aromatic nitrogens is 2. The van der Waals surface area contributed by atoms with Crippen LogP contribution in [0.3, 0.4) is 0 Å². The molecule has 0 saturated carbocycles. The molecule has 1 saturated heterocycles. The van der Waals surface area contributed by atoms with Gasteiger partial charge in [0.25, 0.3) is 5.91 Å². The Morgan fingerprint density at radius 2 is 2.27 bits per heavy atom. The number of benzene rings is 1. The molecule has 10 heteroatoms. The Morgan fingerprint density at radius 3 is 2.97 bits per heavy atom. The summed E-state index contributed by atoms with van der Waals surface area (Å²) in [5.74, 6) is 0.124. The SMILES string of the molecule is COc1cccc([C@@H]2C[C@@H](C(F)(F)F)n3ncc(C(=O)NC[C@H]4CCCO4)c3N2)c1. The summed E-state index contributed by atoms with van der Waals surface area (Å²) in [4.78, 5) is 12.7. The van der Waals surface area contributed by atoms with Crippen molar-refractivity contribution in [2.75, 3.05) is 25.6 Å². The molecule has 1 aromatic heterocycles. The minimum Gasteiger partial charge on any atom is -0.497 e. The Hall–Kier alpha value is -2.75. The zero-order chi connectivity index (χ0) is 21.3. The molecule has 2 aliphatic rings. The van der Waals surface area contributed by atoms with Crippen molar-refractivity contribution in [2.45, 2.75) is 43.6 Å². The third-order valence-electron chi connectivity index (χ3n) is 5.49. The number of hydrogen-bond acceptors (Lipinski definition) is 5. The molecule has 7 nitrogen and oxygen atoms in total. The molecule has 162 valence electrons. The first-order valence-corrected chi connectivity index (χ1v) is 9.81. The van der Waals surface area contributed by atoms with Crippen molar-refractivity contribution in [3.05, 3.63) is 41.6 Å². The summed E-state index contributed by atoms with van der Waals surface area (Å²) in [6.45, 7) is 0.965. The Labute approximate surface area is 171 Å². The van der Waals surface area contributed by atoms with E-state index in [-0.39, 0.29) is 23.9 Å². The standard InChI is InChI=1S/C20H23F3N4O3/c1-29-13-5-2-4-12(8-13)16-9-17(20(21,22)23)27-18(26-16)15(11-25-27)19(28)24-10-14-6-3-7-30-14/h2,4-5,8,11,14,16-17,26H,3,6-7,9-10H2,1H3,(H,24,28)/t14-,16+,17+/m1/s1. The maximum Gasteiger partial charge on any atom is 0.410 e. The van der Waals surface area contributed by atoms with Crippen molar-refractivity contribution < 1.29 is 27.4 Å². The van der Waals surface area contributed by atoms with Gasteiger partial charge in [0.2, 0.25) is 0 Å². The van der Waals surface area contributed by atoms with Crippen LogP contribution in [0.5, 0.6) is 5.75 Å². The van der Waals surface area contributed by atoms with Crippen LogP contribution in [-0.2, 0) is 4.74 Å². The number of ether oxygens (including phenoxy) is 2. The fraction of sp³-hybridized carbons (Fsp3) is 0.500. The van der Waals surface area contributed by atoms with Crippen LogP contribution in [0.1, 0.15) is 47.3 Å². The van der Waals surface area contributed by atoms with E-state index in [1.165, 1.54) is 13.3 Å². The molecular formula is C20H23F3N4O3. The van der Waals surface area contributed by atoms with Gasteiger partial charge in [-0.3, -0.25) is 4.79 Å². The molecule has 1 aromatic carbocycles. The largest absolute Gasteiger partial charge is 0.497 e. The van der Waals surface area contributed by atoms with Crippen molar-refractivity contribution >= 4 is 11.7 Å². The third kappa shape index (κ3) is 4.09. The molecule has 0 spiro atoms. The molecule has 4 rings (SSSR count). The maximum absolute atomic E-state index is 13.8. The lowest BCUT2D eigenvalue weighted by Gasteiger charge is -2.34. The monoisotopic (exact) mass is 424 g/mol. The van der Waals surface area contributed by atoms with Crippen molar-refractivity contribution in [3.63, 3.8) is 0 Å². The summed E-state index contributed by atoms with van der Waals surface area (Å²) >= 11 is 0. The van der Waals surface area contributed by atoms with Crippen LogP contribution in [0, 0.1) is 0 Å². The topological polar surface area (TPSA) is 77.4 Å². The summed E-state index contributed by atoms with van der Waals surface area (Å²) in [5.41, 5.74) is 0.719. The number of fused-ring (bicyclic) bond motifs is 1. The van der Waals surface area contributed by atoms with E-state index in [0.717, 1.165) is 17.5 Å². The zero-order valence-electron chi connectivity index (χ0n) is 16.4. The lowest BCUT2D eigenvalue weighted by Crippen LogP contribution is -2.37. The number of alkyl halides is 3. The number of halogens is 3. The van der Waals surface area contributed by atoms with Crippen LogP contribution in [0.15, 0.2) is 30.5 Å². The maximum atomic E-state index is 13.8. The highest BCUT2D eigenvalue weighted by Crippen LogP contribution is 2.44. The van der Waals surface area contributed by atoms with Gasteiger partial charge < -0.3 is 20.1 Å². The van der Waals surface area contributed by atoms with Gasteiger partial charge in [0, 0.05) is 19.6 Å². The van der Waals surface area contributed by atoms with Gasteiger partial charge in [0.1, 0.15) is 17.1 Å².